The summed E-state index contributed by atoms with van der Waals surface area (Å²) in [6.07, 6.45) is 0.411. The van der Waals surface area contributed by atoms with E-state index in [1.54, 1.807) is 24.3 Å². The fourth-order valence-electron chi connectivity index (χ4n) is 1.65. The fourth-order valence-corrected chi connectivity index (χ4v) is 2.59. The van der Waals surface area contributed by atoms with E-state index in [4.69, 9.17) is 10.5 Å². The SMILES string of the molecule is Cc1ccccc1[Si]COC(=O)c1ccc(N)cc1. The Bertz CT molecular complexity index is 567. The van der Waals surface area contributed by atoms with Crippen LogP contribution in [0.2, 0.25) is 0 Å². The van der Waals surface area contributed by atoms with Crippen LogP contribution in [0.5, 0.6) is 0 Å². The van der Waals surface area contributed by atoms with Gasteiger partial charge < -0.3 is 10.5 Å². The molecule has 0 spiro atoms. The zero-order valence-electron chi connectivity index (χ0n) is 10.7. The summed E-state index contributed by atoms with van der Waals surface area (Å²) in [4.78, 5) is 11.8. The molecule has 2 radical (unpaired) electrons. The molecule has 0 fully saturated rings. The van der Waals surface area contributed by atoms with Crippen molar-refractivity contribution in [2.45, 2.75) is 6.92 Å². The van der Waals surface area contributed by atoms with Crippen LogP contribution in [0.15, 0.2) is 48.5 Å². The molecule has 2 N–H and O–H groups in total. The minimum atomic E-state index is -0.305. The summed E-state index contributed by atoms with van der Waals surface area (Å²) in [5.41, 5.74) is 7.96. The third-order valence-corrected chi connectivity index (χ3v) is 3.99. The molecule has 0 aliphatic carbocycles. The molecular weight excluding hydrogens is 254 g/mol. The quantitative estimate of drug-likeness (QED) is 0.522. The van der Waals surface area contributed by atoms with Gasteiger partial charge in [-0.05, 0) is 31.2 Å². The van der Waals surface area contributed by atoms with E-state index in [0.29, 0.717) is 27.0 Å². The number of nitrogens with two attached hydrogens (primary N) is 1. The first-order valence-electron chi connectivity index (χ1n) is 5.99. The number of hydrogen-bond donors (Lipinski definition) is 1. The van der Waals surface area contributed by atoms with E-state index in [-0.39, 0.29) is 5.97 Å². The summed E-state index contributed by atoms with van der Waals surface area (Å²) in [5.74, 6) is -0.305. The third kappa shape index (κ3) is 3.69. The molecule has 0 aromatic heterocycles. The van der Waals surface area contributed by atoms with Crippen molar-refractivity contribution < 1.29 is 9.53 Å². The summed E-state index contributed by atoms with van der Waals surface area (Å²) in [6, 6.07) is 14.9. The first-order valence-corrected chi connectivity index (χ1v) is 7.19. The van der Waals surface area contributed by atoms with Crippen molar-refractivity contribution in [1.29, 1.82) is 0 Å². The van der Waals surface area contributed by atoms with Gasteiger partial charge in [0.2, 0.25) is 0 Å². The molecule has 0 atom stereocenters. The highest BCUT2D eigenvalue weighted by atomic mass is 28.2. The summed E-state index contributed by atoms with van der Waals surface area (Å²) in [7, 11) is 0.471. The van der Waals surface area contributed by atoms with Gasteiger partial charge in [-0.15, -0.1) is 0 Å². The van der Waals surface area contributed by atoms with Gasteiger partial charge in [0, 0.05) is 5.69 Å². The monoisotopic (exact) mass is 269 g/mol. The molecule has 0 amide bonds. The van der Waals surface area contributed by atoms with E-state index in [0.717, 1.165) is 0 Å². The van der Waals surface area contributed by atoms with Crippen LogP contribution in [-0.4, -0.2) is 21.7 Å². The molecule has 2 rings (SSSR count). The Kier molecular flexibility index (Phi) is 4.36. The molecule has 0 bridgehead atoms. The van der Waals surface area contributed by atoms with E-state index in [1.165, 1.54) is 10.8 Å². The van der Waals surface area contributed by atoms with Gasteiger partial charge in [0.15, 0.2) is 0 Å². The van der Waals surface area contributed by atoms with Gasteiger partial charge in [-0.2, -0.15) is 0 Å². The van der Waals surface area contributed by atoms with Gasteiger partial charge in [-0.1, -0.05) is 35.0 Å². The van der Waals surface area contributed by atoms with Crippen molar-refractivity contribution in [2.75, 3.05) is 12.0 Å². The summed E-state index contributed by atoms with van der Waals surface area (Å²) in [6.45, 7) is 2.06. The average Bonchev–Trinajstić information content (AvgIpc) is 2.41. The molecule has 19 heavy (non-hydrogen) atoms. The highest BCUT2D eigenvalue weighted by molar-refractivity contribution is 6.54. The molecule has 96 valence electrons. The van der Waals surface area contributed by atoms with Crippen molar-refractivity contribution in [3.8, 4) is 0 Å². The second kappa shape index (κ2) is 6.20. The molecule has 0 unspecified atom stereocenters. The van der Waals surface area contributed by atoms with Gasteiger partial charge in [-0.25, -0.2) is 4.79 Å². The zero-order valence-corrected chi connectivity index (χ0v) is 11.7. The number of hydrogen-bond acceptors (Lipinski definition) is 3. The summed E-state index contributed by atoms with van der Waals surface area (Å²) < 4.78 is 5.26. The first-order chi connectivity index (χ1) is 9.16. The predicted molar refractivity (Wildman–Crippen MR) is 77.7 cm³/mol. The number of ether oxygens (including phenoxy) is 1. The molecule has 0 aliphatic heterocycles. The smallest absolute Gasteiger partial charge is 0.337 e. The van der Waals surface area contributed by atoms with Gasteiger partial charge in [0.1, 0.15) is 9.52 Å². The lowest BCUT2D eigenvalue weighted by atomic mass is 10.2. The summed E-state index contributed by atoms with van der Waals surface area (Å²) >= 11 is 0. The summed E-state index contributed by atoms with van der Waals surface area (Å²) in [5, 5.41) is 1.23. The lowest BCUT2D eigenvalue weighted by Gasteiger charge is -2.06. The molecule has 0 saturated carbocycles. The van der Waals surface area contributed by atoms with Crippen LogP contribution in [0.1, 0.15) is 15.9 Å². The average molecular weight is 269 g/mol. The van der Waals surface area contributed by atoms with Crippen LogP contribution < -0.4 is 10.9 Å². The first kappa shape index (κ1) is 13.4. The van der Waals surface area contributed by atoms with Gasteiger partial charge >= 0.3 is 5.97 Å². The number of anilines is 1. The number of rotatable bonds is 4. The molecule has 0 saturated heterocycles. The number of aryl methyl sites for hydroxylation is 1. The van der Waals surface area contributed by atoms with Gasteiger partial charge in [0.05, 0.1) is 11.8 Å². The topological polar surface area (TPSA) is 52.3 Å². The molecule has 0 aliphatic rings. The largest absolute Gasteiger partial charge is 0.466 e. The van der Waals surface area contributed by atoms with Crippen molar-refractivity contribution in [3.63, 3.8) is 0 Å². The van der Waals surface area contributed by atoms with Crippen LogP contribution in [0.4, 0.5) is 5.69 Å². The van der Waals surface area contributed by atoms with Crippen LogP contribution in [0.25, 0.3) is 0 Å². The Morgan fingerprint density at radius 3 is 2.53 bits per heavy atom. The minimum absolute atomic E-state index is 0.305. The van der Waals surface area contributed by atoms with Crippen molar-refractivity contribution in [1.82, 2.24) is 0 Å². The number of carbonyl (C=O) groups is 1. The predicted octanol–water partition coefficient (Wildman–Crippen LogP) is 1.72. The normalized spacial score (nSPS) is 10.2. The Balaban J connectivity index is 1.88. The highest BCUT2D eigenvalue weighted by Gasteiger charge is 2.07. The van der Waals surface area contributed by atoms with Crippen LogP contribution >= 0.6 is 0 Å². The van der Waals surface area contributed by atoms with E-state index < -0.39 is 0 Å². The molecule has 4 heteroatoms. The number of nitrogen functional groups attached to an aromatic ring is 1. The van der Waals surface area contributed by atoms with Crippen LogP contribution in [0, 0.1) is 6.92 Å². The van der Waals surface area contributed by atoms with E-state index in [1.807, 2.05) is 12.1 Å². The Hall–Kier alpha value is -2.07. The molecule has 0 heterocycles. The number of esters is 1. The Morgan fingerprint density at radius 1 is 1.16 bits per heavy atom. The highest BCUT2D eigenvalue weighted by Crippen LogP contribution is 2.06. The molecule has 2 aromatic rings. The maximum absolute atomic E-state index is 11.8. The van der Waals surface area contributed by atoms with Crippen LogP contribution in [-0.2, 0) is 4.74 Å². The van der Waals surface area contributed by atoms with Crippen molar-refractivity contribution >= 4 is 26.4 Å². The Morgan fingerprint density at radius 2 is 1.84 bits per heavy atom. The van der Waals surface area contributed by atoms with Crippen LogP contribution in [0.3, 0.4) is 0 Å². The maximum atomic E-state index is 11.8. The third-order valence-electron chi connectivity index (χ3n) is 2.76. The lowest BCUT2D eigenvalue weighted by molar-refractivity contribution is 0.0572. The molecular formula is C15H15NO2Si. The molecule has 3 nitrogen and oxygen atoms in total. The number of carbonyl (C=O) groups excluding carboxylic acids is 1. The van der Waals surface area contributed by atoms with E-state index >= 15 is 0 Å². The van der Waals surface area contributed by atoms with E-state index in [2.05, 4.69) is 19.1 Å². The fraction of sp³-hybridized carbons (Fsp3) is 0.133. The number of benzene rings is 2. The Labute approximate surface area is 115 Å². The zero-order chi connectivity index (χ0) is 13.7. The maximum Gasteiger partial charge on any atom is 0.337 e. The molecule has 2 aromatic carbocycles. The second-order valence-corrected chi connectivity index (χ2v) is 5.37. The second-order valence-electron chi connectivity index (χ2n) is 4.19. The van der Waals surface area contributed by atoms with Crippen molar-refractivity contribution in [2.24, 2.45) is 0 Å². The standard InChI is InChI=1S/C15H15NO2Si/c1-11-4-2-3-5-14(11)19-10-18-15(17)12-6-8-13(16)9-7-12/h2-9H,10,16H2,1H3. The lowest BCUT2D eigenvalue weighted by Crippen LogP contribution is -2.23. The van der Waals surface area contributed by atoms with Gasteiger partial charge in [-0.3, -0.25) is 0 Å². The van der Waals surface area contributed by atoms with E-state index in [9.17, 15) is 4.79 Å². The minimum Gasteiger partial charge on any atom is -0.466 e. The van der Waals surface area contributed by atoms with Gasteiger partial charge in [0.25, 0.3) is 0 Å². The van der Waals surface area contributed by atoms with Crippen molar-refractivity contribution in [3.05, 3.63) is 59.7 Å².